The number of hydrogen-bond donors (Lipinski definition) is 0. The van der Waals surface area contributed by atoms with E-state index in [4.69, 9.17) is 0 Å². The third-order valence-electron chi connectivity index (χ3n) is 12.1. The largest absolute Gasteiger partial charge is 0.309 e. The Kier molecular flexibility index (Phi) is 7.26. The van der Waals surface area contributed by atoms with Gasteiger partial charge in [-0.1, -0.05) is 164 Å². The lowest BCUT2D eigenvalue weighted by atomic mass is 9.92. The van der Waals surface area contributed by atoms with E-state index in [1.807, 2.05) is 0 Å². The van der Waals surface area contributed by atoms with Gasteiger partial charge in [-0.3, -0.25) is 0 Å². The highest BCUT2D eigenvalue weighted by molar-refractivity contribution is 6.14. The molecule has 2 heterocycles. The standard InChI is InChI=1S/C56H36N2/c1-2-15-37(16-3-1)44-21-8-11-26-51(44)58-53-28-13-10-25-48(53)50-35-38(30-32-54(50)58)39-29-31-49-47-24-9-12-27-52(47)57(55(49)36-39)43-20-14-19-42(34-43)56-45-22-6-4-17-40(45)33-41-18-5-7-23-46(41)56/h1-36H. The maximum absolute atomic E-state index is 2.45. The molecule has 0 atom stereocenters. The van der Waals surface area contributed by atoms with Gasteiger partial charge in [0, 0.05) is 32.8 Å². The third-order valence-corrected chi connectivity index (χ3v) is 12.1. The number of aromatic nitrogens is 2. The first-order valence-electron chi connectivity index (χ1n) is 20.0. The molecule has 10 aromatic carbocycles. The fourth-order valence-corrected chi connectivity index (χ4v) is 9.50. The molecule has 0 aliphatic rings. The molecule has 12 rings (SSSR count). The lowest BCUT2D eigenvalue weighted by molar-refractivity contribution is 1.18. The van der Waals surface area contributed by atoms with Gasteiger partial charge in [0.05, 0.1) is 27.8 Å². The number of nitrogens with zero attached hydrogens (tertiary/aromatic N) is 2. The van der Waals surface area contributed by atoms with E-state index in [-0.39, 0.29) is 0 Å². The molecule has 58 heavy (non-hydrogen) atoms. The Hall–Kier alpha value is -7.68. The second-order valence-electron chi connectivity index (χ2n) is 15.3. The molecule has 2 nitrogen and oxygen atoms in total. The van der Waals surface area contributed by atoms with Crippen LogP contribution in [0.25, 0.3) is 110 Å². The summed E-state index contributed by atoms with van der Waals surface area (Å²) in [5.74, 6) is 0. The minimum Gasteiger partial charge on any atom is -0.309 e. The van der Waals surface area contributed by atoms with Crippen molar-refractivity contribution in [1.82, 2.24) is 9.13 Å². The topological polar surface area (TPSA) is 9.86 Å². The Labute approximate surface area is 336 Å². The molecule has 0 saturated heterocycles. The van der Waals surface area contributed by atoms with Crippen molar-refractivity contribution in [3.05, 3.63) is 218 Å². The van der Waals surface area contributed by atoms with E-state index in [0.717, 1.165) is 5.69 Å². The first-order valence-corrected chi connectivity index (χ1v) is 20.0. The van der Waals surface area contributed by atoms with Crippen LogP contribution in [-0.4, -0.2) is 9.13 Å². The minimum absolute atomic E-state index is 1.15. The second-order valence-corrected chi connectivity index (χ2v) is 15.3. The van der Waals surface area contributed by atoms with Crippen LogP contribution in [0, 0.1) is 0 Å². The Morgan fingerprint density at radius 2 is 0.810 bits per heavy atom. The van der Waals surface area contributed by atoms with Crippen LogP contribution in [-0.2, 0) is 0 Å². The SMILES string of the molecule is c1ccc(-c2ccccc2-n2c3ccccc3c3cc(-c4ccc5c6ccccc6n(-c6cccc(-c7c8ccccc8cc8ccccc78)c6)c5c4)ccc32)cc1. The van der Waals surface area contributed by atoms with Crippen molar-refractivity contribution in [2.75, 3.05) is 0 Å². The molecule has 0 bridgehead atoms. The van der Waals surface area contributed by atoms with Crippen molar-refractivity contribution in [3.63, 3.8) is 0 Å². The fourth-order valence-electron chi connectivity index (χ4n) is 9.50. The Morgan fingerprint density at radius 3 is 1.59 bits per heavy atom. The molecule has 0 spiro atoms. The lowest BCUT2D eigenvalue weighted by Gasteiger charge is -2.15. The van der Waals surface area contributed by atoms with E-state index in [1.54, 1.807) is 0 Å². The van der Waals surface area contributed by atoms with Gasteiger partial charge in [0.25, 0.3) is 0 Å². The first kappa shape index (κ1) is 32.6. The van der Waals surface area contributed by atoms with Crippen LogP contribution < -0.4 is 0 Å². The van der Waals surface area contributed by atoms with Crippen molar-refractivity contribution >= 4 is 65.2 Å². The number of fused-ring (bicyclic) bond motifs is 8. The Bertz CT molecular complexity index is 3510. The highest BCUT2D eigenvalue weighted by Crippen LogP contribution is 2.41. The lowest BCUT2D eigenvalue weighted by Crippen LogP contribution is -1.97. The summed E-state index contributed by atoms with van der Waals surface area (Å²) in [7, 11) is 0. The molecule has 0 aliphatic carbocycles. The average Bonchev–Trinajstić information content (AvgIpc) is 3.80. The van der Waals surface area contributed by atoms with Gasteiger partial charge in [-0.2, -0.15) is 0 Å². The zero-order chi connectivity index (χ0) is 38.2. The molecular formula is C56H36N2. The Balaban J connectivity index is 1.05. The number of para-hydroxylation sites is 3. The molecule has 2 heteroatoms. The summed E-state index contributed by atoms with van der Waals surface area (Å²) in [6.45, 7) is 0. The molecule has 0 fully saturated rings. The normalized spacial score (nSPS) is 11.8. The van der Waals surface area contributed by atoms with Gasteiger partial charge >= 0.3 is 0 Å². The zero-order valence-electron chi connectivity index (χ0n) is 31.7. The van der Waals surface area contributed by atoms with E-state index in [1.165, 1.54) is 104 Å². The summed E-state index contributed by atoms with van der Waals surface area (Å²) in [6, 6.07) is 80.0. The Morgan fingerprint density at radius 1 is 0.259 bits per heavy atom. The summed E-state index contributed by atoms with van der Waals surface area (Å²) >= 11 is 0. The molecule has 0 saturated carbocycles. The van der Waals surface area contributed by atoms with Crippen LogP contribution in [0.5, 0.6) is 0 Å². The second kappa shape index (κ2) is 12.9. The molecule has 12 aromatic rings. The molecule has 0 amide bonds. The number of hydrogen-bond acceptors (Lipinski definition) is 0. The van der Waals surface area contributed by atoms with Crippen molar-refractivity contribution in [3.8, 4) is 44.8 Å². The van der Waals surface area contributed by atoms with Crippen LogP contribution in [0.1, 0.15) is 0 Å². The van der Waals surface area contributed by atoms with Crippen LogP contribution in [0.15, 0.2) is 218 Å². The molecule has 0 aliphatic heterocycles. The summed E-state index contributed by atoms with van der Waals surface area (Å²) in [5.41, 5.74) is 14.4. The summed E-state index contributed by atoms with van der Waals surface area (Å²) < 4.78 is 4.89. The van der Waals surface area contributed by atoms with Gasteiger partial charge in [-0.15, -0.1) is 0 Å². The van der Waals surface area contributed by atoms with E-state index in [9.17, 15) is 0 Å². The van der Waals surface area contributed by atoms with Crippen molar-refractivity contribution in [2.45, 2.75) is 0 Å². The first-order chi connectivity index (χ1) is 28.8. The van der Waals surface area contributed by atoms with Crippen molar-refractivity contribution in [2.24, 2.45) is 0 Å². The zero-order valence-corrected chi connectivity index (χ0v) is 31.7. The summed E-state index contributed by atoms with van der Waals surface area (Å²) in [6.07, 6.45) is 0. The summed E-state index contributed by atoms with van der Waals surface area (Å²) in [4.78, 5) is 0. The highest BCUT2D eigenvalue weighted by atomic mass is 15.0. The van der Waals surface area contributed by atoms with Crippen LogP contribution in [0.2, 0.25) is 0 Å². The van der Waals surface area contributed by atoms with Gasteiger partial charge in [0.2, 0.25) is 0 Å². The van der Waals surface area contributed by atoms with Crippen LogP contribution >= 0.6 is 0 Å². The van der Waals surface area contributed by atoms with Gasteiger partial charge in [0.1, 0.15) is 0 Å². The van der Waals surface area contributed by atoms with Crippen LogP contribution in [0.3, 0.4) is 0 Å². The summed E-state index contributed by atoms with van der Waals surface area (Å²) in [5, 5.41) is 10.0. The predicted octanol–water partition coefficient (Wildman–Crippen LogP) is 15.2. The van der Waals surface area contributed by atoms with E-state index >= 15 is 0 Å². The van der Waals surface area contributed by atoms with Gasteiger partial charge in [-0.05, 0) is 104 Å². The molecule has 0 unspecified atom stereocenters. The molecule has 2 aromatic heterocycles. The highest BCUT2D eigenvalue weighted by Gasteiger charge is 2.18. The average molecular weight is 737 g/mol. The van der Waals surface area contributed by atoms with E-state index < -0.39 is 0 Å². The number of benzene rings is 10. The molecule has 0 radical (unpaired) electrons. The van der Waals surface area contributed by atoms with Gasteiger partial charge < -0.3 is 9.13 Å². The maximum Gasteiger partial charge on any atom is 0.0547 e. The van der Waals surface area contributed by atoms with E-state index in [0.29, 0.717) is 0 Å². The van der Waals surface area contributed by atoms with Gasteiger partial charge in [0.15, 0.2) is 0 Å². The van der Waals surface area contributed by atoms with Crippen LogP contribution in [0.4, 0.5) is 0 Å². The third kappa shape index (κ3) is 4.99. The maximum atomic E-state index is 2.45. The monoisotopic (exact) mass is 736 g/mol. The molecular weight excluding hydrogens is 701 g/mol. The van der Waals surface area contributed by atoms with Gasteiger partial charge in [-0.25, -0.2) is 0 Å². The van der Waals surface area contributed by atoms with Crippen molar-refractivity contribution in [1.29, 1.82) is 0 Å². The predicted molar refractivity (Wildman–Crippen MR) is 246 cm³/mol. The fraction of sp³-hybridized carbons (Fsp3) is 0. The molecule has 270 valence electrons. The van der Waals surface area contributed by atoms with E-state index in [2.05, 4.69) is 228 Å². The molecule has 0 N–H and O–H groups in total. The number of rotatable bonds is 5. The van der Waals surface area contributed by atoms with Crippen molar-refractivity contribution < 1.29 is 0 Å². The quantitative estimate of drug-likeness (QED) is 0.156. The smallest absolute Gasteiger partial charge is 0.0547 e. The minimum atomic E-state index is 1.15.